The van der Waals surface area contributed by atoms with E-state index in [-0.39, 0.29) is 11.5 Å². The Morgan fingerprint density at radius 1 is 1.47 bits per heavy atom. The molecule has 0 aliphatic heterocycles. The van der Waals surface area contributed by atoms with Crippen LogP contribution in [0, 0.1) is 0 Å². The van der Waals surface area contributed by atoms with Gasteiger partial charge in [0.05, 0.1) is 12.0 Å². The van der Waals surface area contributed by atoms with Gasteiger partial charge in [0.25, 0.3) is 0 Å². The van der Waals surface area contributed by atoms with E-state index in [0.29, 0.717) is 19.0 Å². The lowest BCUT2D eigenvalue weighted by Gasteiger charge is -2.10. The van der Waals surface area contributed by atoms with E-state index in [1.165, 1.54) is 0 Å². The lowest BCUT2D eigenvalue weighted by molar-refractivity contribution is 0.144. The van der Waals surface area contributed by atoms with Crippen LogP contribution in [0.25, 0.3) is 0 Å². The Bertz CT molecular complexity index is 168. The highest BCUT2D eigenvalue weighted by Gasteiger charge is 2.07. The van der Waals surface area contributed by atoms with Crippen LogP contribution in [0.2, 0.25) is 0 Å². The normalized spacial score (nSPS) is 12.2. The number of alkyl carbamates (subject to hydrolysis) is 1. The largest absolute Gasteiger partial charge is 0.450 e. The summed E-state index contributed by atoms with van der Waals surface area (Å²) in [6.45, 7) is 2.95. The minimum absolute atomic E-state index is 0.0672. The first-order valence-electron chi connectivity index (χ1n) is 5.31. The summed E-state index contributed by atoms with van der Waals surface area (Å²) < 4.78 is 4.90. The van der Waals surface area contributed by atoms with Gasteiger partial charge in [-0.05, 0) is 19.3 Å². The second kappa shape index (κ2) is 10.4. The number of nitrogens with one attached hydrogen (secondary N) is 1. The molecule has 1 N–H and O–H groups in total. The first-order chi connectivity index (χ1) is 7.20. The van der Waals surface area contributed by atoms with E-state index in [9.17, 15) is 4.79 Å². The zero-order valence-electron chi connectivity index (χ0n) is 9.10. The molecule has 0 saturated heterocycles. The highest BCUT2D eigenvalue weighted by atomic mass is 35.5. The molecule has 0 radical (unpaired) electrons. The molecule has 0 fully saturated rings. The van der Waals surface area contributed by atoms with Crippen molar-refractivity contribution in [3.8, 4) is 0 Å². The van der Waals surface area contributed by atoms with Crippen LogP contribution in [0.1, 0.15) is 32.6 Å². The molecule has 5 heteroatoms. The molecule has 1 amide bonds. The molecule has 1 unspecified atom stereocenters. The fraction of sp³-hybridized carbons (Fsp3) is 0.900. The van der Waals surface area contributed by atoms with Crippen molar-refractivity contribution in [3.63, 3.8) is 0 Å². The summed E-state index contributed by atoms with van der Waals surface area (Å²) in [5.41, 5.74) is 0. The fourth-order valence-corrected chi connectivity index (χ4v) is 1.34. The Labute approximate surface area is 101 Å². The lowest BCUT2D eigenvalue weighted by Crippen LogP contribution is -2.30. The predicted octanol–water partition coefficient (Wildman–Crippen LogP) is 3.14. The number of ether oxygens (including phenoxy) is 1. The van der Waals surface area contributed by atoms with Crippen LogP contribution in [-0.2, 0) is 4.74 Å². The van der Waals surface area contributed by atoms with Gasteiger partial charge in [-0.25, -0.2) is 4.79 Å². The average molecular weight is 256 g/mol. The zero-order valence-corrected chi connectivity index (χ0v) is 10.6. The minimum Gasteiger partial charge on any atom is -0.450 e. The zero-order chi connectivity index (χ0) is 11.5. The van der Waals surface area contributed by atoms with E-state index >= 15 is 0 Å². The van der Waals surface area contributed by atoms with Crippen molar-refractivity contribution in [1.29, 1.82) is 0 Å². The summed E-state index contributed by atoms with van der Waals surface area (Å²) in [5, 5.41) is 2.55. The summed E-state index contributed by atoms with van der Waals surface area (Å²) >= 11 is 11.5. The molecule has 15 heavy (non-hydrogen) atoms. The van der Waals surface area contributed by atoms with Crippen LogP contribution in [0.15, 0.2) is 0 Å². The van der Waals surface area contributed by atoms with Crippen LogP contribution < -0.4 is 5.32 Å². The quantitative estimate of drug-likeness (QED) is 0.535. The van der Waals surface area contributed by atoms with Gasteiger partial charge in [0.15, 0.2) is 0 Å². The van der Waals surface area contributed by atoms with Gasteiger partial charge in [0.2, 0.25) is 0 Å². The minimum atomic E-state index is -0.389. The fourth-order valence-electron chi connectivity index (χ4n) is 0.955. The van der Waals surface area contributed by atoms with Gasteiger partial charge in [-0.15, -0.1) is 23.2 Å². The molecule has 0 saturated carbocycles. The SMILES string of the molecule is CCCCOC(=O)NCC(Cl)CCCCl. The monoisotopic (exact) mass is 255 g/mol. The van der Waals surface area contributed by atoms with Crippen LogP contribution >= 0.6 is 23.2 Å². The van der Waals surface area contributed by atoms with Gasteiger partial charge < -0.3 is 10.1 Å². The third-order valence-corrected chi connectivity index (χ3v) is 2.49. The van der Waals surface area contributed by atoms with Crippen molar-refractivity contribution in [1.82, 2.24) is 5.32 Å². The van der Waals surface area contributed by atoms with E-state index in [4.69, 9.17) is 27.9 Å². The van der Waals surface area contributed by atoms with Crippen molar-refractivity contribution in [2.75, 3.05) is 19.0 Å². The number of amides is 1. The Morgan fingerprint density at radius 2 is 2.20 bits per heavy atom. The first kappa shape index (κ1) is 14.8. The third kappa shape index (κ3) is 10.1. The number of halogens is 2. The number of carbonyl (C=O) groups excluding carboxylic acids is 1. The molecule has 0 heterocycles. The van der Waals surface area contributed by atoms with Gasteiger partial charge >= 0.3 is 6.09 Å². The summed E-state index contributed by atoms with van der Waals surface area (Å²) in [4.78, 5) is 11.1. The molecule has 0 rings (SSSR count). The van der Waals surface area contributed by atoms with Crippen LogP contribution in [0.4, 0.5) is 4.79 Å². The Kier molecular flexibility index (Phi) is 10.3. The summed E-state index contributed by atoms with van der Waals surface area (Å²) in [5.74, 6) is 0.601. The maximum absolute atomic E-state index is 11.1. The Morgan fingerprint density at radius 3 is 2.80 bits per heavy atom. The van der Waals surface area contributed by atoms with Gasteiger partial charge in [0, 0.05) is 12.4 Å². The molecular weight excluding hydrogens is 237 g/mol. The average Bonchev–Trinajstić information content (AvgIpc) is 2.24. The van der Waals surface area contributed by atoms with E-state index in [0.717, 1.165) is 25.7 Å². The van der Waals surface area contributed by atoms with Gasteiger partial charge in [-0.1, -0.05) is 13.3 Å². The molecule has 90 valence electrons. The highest BCUT2D eigenvalue weighted by Crippen LogP contribution is 2.05. The number of rotatable bonds is 8. The molecule has 0 aromatic carbocycles. The summed E-state index contributed by atoms with van der Waals surface area (Å²) in [6, 6.07) is 0. The van der Waals surface area contributed by atoms with Gasteiger partial charge in [0.1, 0.15) is 0 Å². The molecule has 0 aromatic heterocycles. The van der Waals surface area contributed by atoms with Gasteiger partial charge in [-0.3, -0.25) is 0 Å². The second-order valence-electron chi connectivity index (χ2n) is 3.30. The lowest BCUT2D eigenvalue weighted by atomic mass is 10.2. The molecule has 0 spiro atoms. The molecule has 0 aliphatic carbocycles. The predicted molar refractivity (Wildman–Crippen MR) is 63.9 cm³/mol. The Balaban J connectivity index is 3.36. The Hall–Kier alpha value is -0.150. The van der Waals surface area contributed by atoms with E-state index in [1.807, 2.05) is 6.92 Å². The molecule has 0 aliphatic rings. The second-order valence-corrected chi connectivity index (χ2v) is 4.29. The highest BCUT2D eigenvalue weighted by molar-refractivity contribution is 6.21. The number of unbranched alkanes of at least 4 members (excludes halogenated alkanes) is 1. The van der Waals surface area contributed by atoms with Crippen molar-refractivity contribution in [3.05, 3.63) is 0 Å². The first-order valence-corrected chi connectivity index (χ1v) is 6.28. The van der Waals surface area contributed by atoms with Gasteiger partial charge in [-0.2, -0.15) is 0 Å². The van der Waals surface area contributed by atoms with Crippen molar-refractivity contribution in [2.45, 2.75) is 38.0 Å². The smallest absolute Gasteiger partial charge is 0.407 e. The number of hydrogen-bond donors (Lipinski definition) is 1. The van der Waals surface area contributed by atoms with Crippen LogP contribution in [-0.4, -0.2) is 30.5 Å². The van der Waals surface area contributed by atoms with E-state index in [1.54, 1.807) is 0 Å². The molecule has 3 nitrogen and oxygen atoms in total. The summed E-state index contributed by atoms with van der Waals surface area (Å²) in [7, 11) is 0. The summed E-state index contributed by atoms with van der Waals surface area (Å²) in [6.07, 6.45) is 3.19. The van der Waals surface area contributed by atoms with Crippen LogP contribution in [0.5, 0.6) is 0 Å². The van der Waals surface area contributed by atoms with Crippen molar-refractivity contribution in [2.24, 2.45) is 0 Å². The third-order valence-electron chi connectivity index (χ3n) is 1.85. The van der Waals surface area contributed by atoms with E-state index in [2.05, 4.69) is 5.32 Å². The number of hydrogen-bond acceptors (Lipinski definition) is 2. The molecule has 0 aromatic rings. The standard InChI is InChI=1S/C10H19Cl2NO2/c1-2-3-7-15-10(14)13-8-9(12)5-4-6-11/h9H,2-8H2,1H3,(H,13,14). The molecular formula is C10H19Cl2NO2. The van der Waals surface area contributed by atoms with Crippen molar-refractivity contribution >= 4 is 29.3 Å². The topological polar surface area (TPSA) is 38.3 Å². The number of alkyl halides is 2. The maximum atomic E-state index is 11.1. The van der Waals surface area contributed by atoms with E-state index < -0.39 is 0 Å². The number of carbonyl (C=O) groups is 1. The van der Waals surface area contributed by atoms with Crippen molar-refractivity contribution < 1.29 is 9.53 Å². The van der Waals surface area contributed by atoms with Crippen LogP contribution in [0.3, 0.4) is 0 Å². The molecule has 1 atom stereocenters. The molecule has 0 bridgehead atoms. The maximum Gasteiger partial charge on any atom is 0.407 e.